The standard InChI is InChI=1S/C20H23N5O5S/c1-14(26)23-16-3-5-17(6-4-16)31(27,28)24-20-21-12-25(13-22-20)11-15-2-7-18-19(10-15)30-9-8-29-18/h2-7,10H,8-9,11-13H2,1H3,(H,23,26)(H2,21,22,24). The highest BCUT2D eigenvalue weighted by atomic mass is 32.2. The minimum absolute atomic E-state index is 0.0739. The van der Waals surface area contributed by atoms with Crippen LogP contribution in [0.3, 0.4) is 0 Å². The number of aliphatic imine (C=N–C) groups is 1. The summed E-state index contributed by atoms with van der Waals surface area (Å²) in [6.45, 7) is 3.85. The second-order valence-electron chi connectivity index (χ2n) is 7.10. The van der Waals surface area contributed by atoms with Gasteiger partial charge in [-0.3, -0.25) is 9.69 Å². The number of amides is 1. The molecule has 2 aliphatic heterocycles. The Kier molecular flexibility index (Phi) is 5.96. The maximum absolute atomic E-state index is 12.6. The van der Waals surface area contributed by atoms with E-state index in [1.165, 1.54) is 31.2 Å². The number of nitrogens with one attached hydrogen (secondary N) is 3. The molecular weight excluding hydrogens is 422 g/mol. The van der Waals surface area contributed by atoms with Crippen LogP contribution in [0, 0.1) is 0 Å². The van der Waals surface area contributed by atoms with Crippen LogP contribution in [0.1, 0.15) is 12.5 Å². The van der Waals surface area contributed by atoms with Crippen molar-refractivity contribution >= 4 is 27.6 Å². The van der Waals surface area contributed by atoms with Crippen molar-refractivity contribution in [1.82, 2.24) is 14.9 Å². The van der Waals surface area contributed by atoms with E-state index in [0.29, 0.717) is 38.8 Å². The molecule has 0 fully saturated rings. The molecule has 0 saturated carbocycles. The number of carbonyl (C=O) groups is 1. The van der Waals surface area contributed by atoms with Crippen molar-refractivity contribution in [3.05, 3.63) is 48.0 Å². The zero-order valence-corrected chi connectivity index (χ0v) is 17.7. The van der Waals surface area contributed by atoms with Crippen molar-refractivity contribution < 1.29 is 22.7 Å². The van der Waals surface area contributed by atoms with Crippen molar-refractivity contribution in [3.8, 4) is 11.5 Å². The largest absolute Gasteiger partial charge is 0.486 e. The fraction of sp³-hybridized carbons (Fsp3) is 0.300. The summed E-state index contributed by atoms with van der Waals surface area (Å²) in [6.07, 6.45) is 0. The first-order valence-corrected chi connectivity index (χ1v) is 11.2. The summed E-state index contributed by atoms with van der Waals surface area (Å²) in [5, 5.41) is 5.58. The highest BCUT2D eigenvalue weighted by Crippen LogP contribution is 2.31. The first-order valence-electron chi connectivity index (χ1n) is 9.69. The smallest absolute Gasteiger partial charge is 0.264 e. The number of sulfonamides is 1. The molecule has 2 aliphatic rings. The lowest BCUT2D eigenvalue weighted by molar-refractivity contribution is -0.114. The lowest BCUT2D eigenvalue weighted by atomic mass is 10.2. The highest BCUT2D eigenvalue weighted by molar-refractivity contribution is 7.90. The molecule has 11 heteroatoms. The molecule has 0 bridgehead atoms. The van der Waals surface area contributed by atoms with Gasteiger partial charge in [0.05, 0.1) is 18.2 Å². The van der Waals surface area contributed by atoms with E-state index in [9.17, 15) is 13.2 Å². The van der Waals surface area contributed by atoms with E-state index in [1.54, 1.807) is 0 Å². The molecule has 1 amide bonds. The van der Waals surface area contributed by atoms with Crippen LogP contribution in [-0.2, 0) is 21.4 Å². The zero-order chi connectivity index (χ0) is 21.8. The van der Waals surface area contributed by atoms with Gasteiger partial charge in [-0.05, 0) is 42.0 Å². The minimum Gasteiger partial charge on any atom is -0.486 e. The van der Waals surface area contributed by atoms with Gasteiger partial charge in [0, 0.05) is 19.2 Å². The Morgan fingerprint density at radius 2 is 1.87 bits per heavy atom. The number of ether oxygens (including phenoxy) is 2. The van der Waals surface area contributed by atoms with Crippen molar-refractivity contribution in [1.29, 1.82) is 0 Å². The Bertz CT molecular complexity index is 1100. The SMILES string of the molecule is CC(=O)Nc1ccc(S(=O)(=O)NC2=NCN(Cc3ccc4c(c3)OCCO4)CN2)cc1. The number of anilines is 1. The molecule has 10 nitrogen and oxygen atoms in total. The maximum Gasteiger partial charge on any atom is 0.264 e. The summed E-state index contributed by atoms with van der Waals surface area (Å²) >= 11 is 0. The molecule has 0 unspecified atom stereocenters. The third-order valence-electron chi connectivity index (χ3n) is 4.63. The number of hydrogen-bond acceptors (Lipinski definition) is 8. The van der Waals surface area contributed by atoms with Crippen molar-refractivity contribution in [3.63, 3.8) is 0 Å². The monoisotopic (exact) mass is 445 g/mol. The van der Waals surface area contributed by atoms with Crippen molar-refractivity contribution in [2.75, 3.05) is 31.9 Å². The van der Waals surface area contributed by atoms with Gasteiger partial charge in [0.25, 0.3) is 10.0 Å². The molecule has 0 radical (unpaired) electrons. The summed E-state index contributed by atoms with van der Waals surface area (Å²) in [5.74, 6) is 1.43. The van der Waals surface area contributed by atoms with Crippen LogP contribution in [0.5, 0.6) is 11.5 Å². The van der Waals surface area contributed by atoms with Crippen LogP contribution in [0.2, 0.25) is 0 Å². The van der Waals surface area contributed by atoms with Gasteiger partial charge >= 0.3 is 0 Å². The van der Waals surface area contributed by atoms with Gasteiger partial charge < -0.3 is 20.1 Å². The predicted molar refractivity (Wildman–Crippen MR) is 114 cm³/mol. The molecule has 3 N–H and O–H groups in total. The van der Waals surface area contributed by atoms with E-state index < -0.39 is 10.0 Å². The van der Waals surface area contributed by atoms with E-state index in [4.69, 9.17) is 9.47 Å². The average Bonchev–Trinajstić information content (AvgIpc) is 2.75. The van der Waals surface area contributed by atoms with Gasteiger partial charge in [-0.1, -0.05) is 6.07 Å². The molecule has 2 heterocycles. The Labute approximate surface area is 180 Å². The first kappa shape index (κ1) is 20.9. The lowest BCUT2D eigenvalue weighted by Gasteiger charge is -2.27. The first-order chi connectivity index (χ1) is 14.9. The van der Waals surface area contributed by atoms with Crippen molar-refractivity contribution in [2.24, 2.45) is 4.99 Å². The van der Waals surface area contributed by atoms with Crippen LogP contribution < -0.4 is 24.8 Å². The molecule has 0 spiro atoms. The molecule has 0 aliphatic carbocycles. The van der Waals surface area contributed by atoms with Crippen LogP contribution in [0.25, 0.3) is 0 Å². The topological polar surface area (TPSA) is 121 Å². The molecule has 0 atom stereocenters. The van der Waals surface area contributed by atoms with Crippen LogP contribution in [-0.4, -0.2) is 51.7 Å². The van der Waals surface area contributed by atoms with Gasteiger partial charge in [-0.15, -0.1) is 0 Å². The number of carbonyl (C=O) groups excluding carboxylic acids is 1. The average molecular weight is 446 g/mol. The number of nitrogens with zero attached hydrogens (tertiary/aromatic N) is 2. The third kappa shape index (κ3) is 5.25. The van der Waals surface area contributed by atoms with Gasteiger partial charge in [-0.25, -0.2) is 18.1 Å². The van der Waals surface area contributed by atoms with E-state index in [1.807, 2.05) is 23.1 Å². The maximum atomic E-state index is 12.6. The van der Waals surface area contributed by atoms with Crippen LogP contribution >= 0.6 is 0 Å². The van der Waals surface area contributed by atoms with Gasteiger partial charge in [0.15, 0.2) is 11.5 Å². The second kappa shape index (κ2) is 8.82. The fourth-order valence-corrected chi connectivity index (χ4v) is 4.19. The van der Waals surface area contributed by atoms with E-state index >= 15 is 0 Å². The number of hydrogen-bond donors (Lipinski definition) is 3. The molecule has 164 valence electrons. The fourth-order valence-electron chi connectivity index (χ4n) is 3.19. The Morgan fingerprint density at radius 3 is 2.55 bits per heavy atom. The number of guanidine groups is 1. The van der Waals surface area contributed by atoms with Gasteiger partial charge in [0.2, 0.25) is 11.9 Å². The van der Waals surface area contributed by atoms with E-state index in [-0.39, 0.29) is 16.8 Å². The second-order valence-corrected chi connectivity index (χ2v) is 8.78. The molecular formula is C20H23N5O5S. The molecule has 2 aromatic carbocycles. The van der Waals surface area contributed by atoms with Crippen LogP contribution in [0.4, 0.5) is 5.69 Å². The predicted octanol–water partition coefficient (Wildman–Crippen LogP) is 1.07. The molecule has 4 rings (SSSR count). The van der Waals surface area contributed by atoms with Crippen molar-refractivity contribution in [2.45, 2.75) is 18.4 Å². The van der Waals surface area contributed by atoms with Gasteiger partial charge in [-0.2, -0.15) is 0 Å². The Hall–Kier alpha value is -3.31. The molecule has 0 saturated heterocycles. The van der Waals surface area contributed by atoms with E-state index in [0.717, 1.165) is 17.1 Å². The Balaban J connectivity index is 1.35. The number of benzene rings is 2. The summed E-state index contributed by atoms with van der Waals surface area (Å²) in [6, 6.07) is 11.7. The summed E-state index contributed by atoms with van der Waals surface area (Å²) < 4.78 is 38.8. The minimum atomic E-state index is -3.80. The summed E-state index contributed by atoms with van der Waals surface area (Å²) in [7, 11) is -3.80. The zero-order valence-electron chi connectivity index (χ0n) is 16.9. The number of rotatable bonds is 5. The van der Waals surface area contributed by atoms with E-state index in [2.05, 4.69) is 20.3 Å². The molecule has 2 aromatic rings. The molecule has 31 heavy (non-hydrogen) atoms. The molecule has 0 aromatic heterocycles. The highest BCUT2D eigenvalue weighted by Gasteiger charge is 2.20. The lowest BCUT2D eigenvalue weighted by Crippen LogP contribution is -2.49. The summed E-state index contributed by atoms with van der Waals surface area (Å²) in [4.78, 5) is 17.5. The summed E-state index contributed by atoms with van der Waals surface area (Å²) in [5.41, 5.74) is 1.57. The quantitative estimate of drug-likeness (QED) is 0.629. The Morgan fingerprint density at radius 1 is 1.13 bits per heavy atom. The van der Waals surface area contributed by atoms with Crippen LogP contribution in [0.15, 0.2) is 52.4 Å². The van der Waals surface area contributed by atoms with Gasteiger partial charge in [0.1, 0.15) is 13.2 Å². The third-order valence-corrected chi connectivity index (χ3v) is 5.98. The normalized spacial score (nSPS) is 16.1. The number of fused-ring (bicyclic) bond motifs is 1.